The summed E-state index contributed by atoms with van der Waals surface area (Å²) in [5, 5.41) is 17.4. The first-order chi connectivity index (χ1) is 8.43. The molecular weight excluding hydrogens is 242 g/mol. The summed E-state index contributed by atoms with van der Waals surface area (Å²) in [4.78, 5) is 32.9. The largest absolute Gasteiger partial charge is 0.480 e. The lowest BCUT2D eigenvalue weighted by Crippen LogP contribution is -2.48. The second kappa shape index (κ2) is 5.78. The minimum atomic E-state index is -1.93. The van der Waals surface area contributed by atoms with Gasteiger partial charge in [-0.25, -0.2) is 9.59 Å². The van der Waals surface area contributed by atoms with Crippen LogP contribution in [0, 0.1) is 0 Å². The Hall–Kier alpha value is -2.41. The molecule has 4 N–H and O–H groups in total. The molecule has 0 aromatic heterocycles. The van der Waals surface area contributed by atoms with Crippen molar-refractivity contribution in [2.24, 2.45) is 5.73 Å². The molecule has 1 aromatic rings. The Morgan fingerprint density at radius 1 is 1.06 bits per heavy atom. The number of carbonyl (C=O) groups excluding carboxylic acids is 1. The van der Waals surface area contributed by atoms with E-state index >= 15 is 0 Å². The molecule has 1 aromatic carbocycles. The van der Waals surface area contributed by atoms with Crippen molar-refractivity contribution in [1.82, 2.24) is 0 Å². The van der Waals surface area contributed by atoms with Crippen LogP contribution >= 0.6 is 0 Å². The summed E-state index contributed by atoms with van der Waals surface area (Å²) in [7, 11) is 0. The van der Waals surface area contributed by atoms with Gasteiger partial charge in [0.2, 0.25) is 6.10 Å². The molecule has 0 spiro atoms. The van der Waals surface area contributed by atoms with Crippen LogP contribution in [0.1, 0.15) is 10.4 Å². The third kappa shape index (κ3) is 3.29. The summed E-state index contributed by atoms with van der Waals surface area (Å²) >= 11 is 0. The number of nitrogens with two attached hydrogens (primary N) is 1. The topological polar surface area (TPSA) is 127 Å². The van der Waals surface area contributed by atoms with Gasteiger partial charge in [0.05, 0.1) is 5.56 Å². The molecule has 18 heavy (non-hydrogen) atoms. The molecular formula is C11H11NO6. The van der Waals surface area contributed by atoms with Gasteiger partial charge in [-0.3, -0.25) is 4.79 Å². The molecule has 2 atom stereocenters. The smallest absolute Gasteiger partial charge is 0.347 e. The molecule has 0 radical (unpaired) electrons. The molecule has 0 aliphatic carbocycles. The van der Waals surface area contributed by atoms with E-state index in [1.165, 1.54) is 12.1 Å². The molecule has 96 valence electrons. The predicted molar refractivity (Wildman–Crippen MR) is 58.9 cm³/mol. The molecule has 7 heteroatoms. The van der Waals surface area contributed by atoms with Crippen LogP contribution in [-0.2, 0) is 14.3 Å². The molecule has 0 fully saturated rings. The Bertz CT molecular complexity index is 458. The second-order valence-electron chi connectivity index (χ2n) is 3.39. The highest BCUT2D eigenvalue weighted by atomic mass is 16.6. The van der Waals surface area contributed by atoms with Crippen LogP contribution in [0.5, 0.6) is 0 Å². The first-order valence-electron chi connectivity index (χ1n) is 4.90. The zero-order chi connectivity index (χ0) is 13.7. The fourth-order valence-electron chi connectivity index (χ4n) is 1.16. The standard InChI is InChI=1S/C11H11NO6/c12-7(9(13)14)8(10(15)16)18-11(17)6-4-2-1-3-5-6/h1-5,7-8H,12H2,(H,13,14)(H,15,16). The quantitative estimate of drug-likeness (QED) is 0.615. The molecule has 7 nitrogen and oxygen atoms in total. The van der Waals surface area contributed by atoms with Gasteiger partial charge in [0.15, 0.2) is 6.04 Å². The van der Waals surface area contributed by atoms with Gasteiger partial charge >= 0.3 is 17.9 Å². The van der Waals surface area contributed by atoms with Crippen LogP contribution in [0.3, 0.4) is 0 Å². The van der Waals surface area contributed by atoms with Gasteiger partial charge in [-0.15, -0.1) is 0 Å². The number of esters is 1. The maximum atomic E-state index is 11.6. The first-order valence-corrected chi connectivity index (χ1v) is 4.90. The monoisotopic (exact) mass is 253 g/mol. The third-order valence-corrected chi connectivity index (χ3v) is 2.10. The molecule has 0 aliphatic rings. The van der Waals surface area contributed by atoms with E-state index in [9.17, 15) is 14.4 Å². The van der Waals surface area contributed by atoms with E-state index in [2.05, 4.69) is 4.74 Å². The van der Waals surface area contributed by atoms with Gasteiger partial charge in [0.1, 0.15) is 0 Å². The Morgan fingerprint density at radius 2 is 1.61 bits per heavy atom. The number of hydrogen-bond acceptors (Lipinski definition) is 5. The van der Waals surface area contributed by atoms with Gasteiger partial charge < -0.3 is 20.7 Å². The number of benzene rings is 1. The van der Waals surface area contributed by atoms with E-state index in [0.717, 1.165) is 0 Å². The van der Waals surface area contributed by atoms with Crippen molar-refractivity contribution in [3.05, 3.63) is 35.9 Å². The molecule has 0 heterocycles. The Labute approximate surface area is 102 Å². The van der Waals surface area contributed by atoms with Crippen LogP contribution in [0.2, 0.25) is 0 Å². The normalized spacial score (nSPS) is 13.4. The van der Waals surface area contributed by atoms with Gasteiger partial charge in [0, 0.05) is 0 Å². The van der Waals surface area contributed by atoms with Crippen LogP contribution in [0.25, 0.3) is 0 Å². The first kappa shape index (κ1) is 13.7. The van der Waals surface area contributed by atoms with E-state index < -0.39 is 30.1 Å². The summed E-state index contributed by atoms with van der Waals surface area (Å²) in [5.41, 5.74) is 5.24. The number of ether oxygens (including phenoxy) is 1. The van der Waals surface area contributed by atoms with Crippen LogP contribution < -0.4 is 5.73 Å². The maximum Gasteiger partial charge on any atom is 0.347 e. The number of carboxylic acid groups (broad SMARTS) is 2. The van der Waals surface area contributed by atoms with E-state index in [4.69, 9.17) is 15.9 Å². The van der Waals surface area contributed by atoms with E-state index in [0.29, 0.717) is 0 Å². The van der Waals surface area contributed by atoms with Crippen molar-refractivity contribution in [2.45, 2.75) is 12.1 Å². The average molecular weight is 253 g/mol. The highest BCUT2D eigenvalue weighted by molar-refractivity contribution is 5.93. The predicted octanol–water partition coefficient (Wildman–Crippen LogP) is -0.292. The molecule has 0 aliphatic heterocycles. The molecule has 0 amide bonds. The summed E-state index contributed by atoms with van der Waals surface area (Å²) in [5.74, 6) is -4.13. The fraction of sp³-hybridized carbons (Fsp3) is 0.182. The summed E-state index contributed by atoms with van der Waals surface area (Å²) < 4.78 is 4.58. The zero-order valence-electron chi connectivity index (χ0n) is 9.15. The number of carbonyl (C=O) groups is 3. The summed E-state index contributed by atoms with van der Waals surface area (Å²) in [6.07, 6.45) is -1.93. The second-order valence-corrected chi connectivity index (χ2v) is 3.39. The highest BCUT2D eigenvalue weighted by Gasteiger charge is 2.34. The van der Waals surface area contributed by atoms with Gasteiger partial charge in [-0.1, -0.05) is 18.2 Å². The Balaban J connectivity index is 2.83. The third-order valence-electron chi connectivity index (χ3n) is 2.10. The van der Waals surface area contributed by atoms with Gasteiger partial charge in [-0.05, 0) is 12.1 Å². The SMILES string of the molecule is NC(C(=O)O)C(OC(=O)c1ccccc1)C(=O)O. The highest BCUT2D eigenvalue weighted by Crippen LogP contribution is 2.06. The molecule has 2 unspecified atom stereocenters. The molecule has 1 rings (SSSR count). The van der Waals surface area contributed by atoms with Crippen LogP contribution in [0.15, 0.2) is 30.3 Å². The zero-order valence-corrected chi connectivity index (χ0v) is 9.15. The summed E-state index contributed by atoms with van der Waals surface area (Å²) in [6.45, 7) is 0. The number of rotatable bonds is 5. The van der Waals surface area contributed by atoms with E-state index in [1.807, 2.05) is 0 Å². The number of carboxylic acids is 2. The van der Waals surface area contributed by atoms with Crippen molar-refractivity contribution in [1.29, 1.82) is 0 Å². The maximum absolute atomic E-state index is 11.6. The fourth-order valence-corrected chi connectivity index (χ4v) is 1.16. The lowest BCUT2D eigenvalue weighted by molar-refractivity contribution is -0.155. The Morgan fingerprint density at radius 3 is 2.06 bits per heavy atom. The molecule has 0 saturated heterocycles. The van der Waals surface area contributed by atoms with Crippen molar-refractivity contribution >= 4 is 17.9 Å². The van der Waals surface area contributed by atoms with Gasteiger partial charge in [-0.2, -0.15) is 0 Å². The van der Waals surface area contributed by atoms with E-state index in [1.54, 1.807) is 18.2 Å². The van der Waals surface area contributed by atoms with E-state index in [-0.39, 0.29) is 5.56 Å². The number of hydrogen-bond donors (Lipinski definition) is 3. The Kier molecular flexibility index (Phi) is 4.39. The molecule has 0 saturated carbocycles. The van der Waals surface area contributed by atoms with Gasteiger partial charge in [0.25, 0.3) is 0 Å². The van der Waals surface area contributed by atoms with Crippen LogP contribution in [-0.4, -0.2) is 40.3 Å². The van der Waals surface area contributed by atoms with Crippen molar-refractivity contribution in [3.63, 3.8) is 0 Å². The lowest BCUT2D eigenvalue weighted by Gasteiger charge is -2.17. The molecule has 0 bridgehead atoms. The van der Waals surface area contributed by atoms with Crippen LogP contribution in [0.4, 0.5) is 0 Å². The lowest BCUT2D eigenvalue weighted by atomic mass is 10.1. The van der Waals surface area contributed by atoms with Crippen molar-refractivity contribution in [2.75, 3.05) is 0 Å². The minimum absolute atomic E-state index is 0.112. The minimum Gasteiger partial charge on any atom is -0.480 e. The van der Waals surface area contributed by atoms with Crippen molar-refractivity contribution < 1.29 is 29.3 Å². The average Bonchev–Trinajstić information content (AvgIpc) is 2.35. The number of aliphatic carboxylic acids is 2. The summed E-state index contributed by atoms with van der Waals surface area (Å²) in [6, 6.07) is 5.78. The van der Waals surface area contributed by atoms with Crippen molar-refractivity contribution in [3.8, 4) is 0 Å².